The lowest BCUT2D eigenvalue weighted by atomic mass is 9.68. The molecule has 0 aromatic carbocycles. The highest BCUT2D eigenvalue weighted by atomic mass is 19.5. The predicted octanol–water partition coefficient (Wildman–Crippen LogP) is 8.30. The molecule has 32 heteroatoms. The normalized spacial score (nSPS) is 22.1. The van der Waals surface area contributed by atoms with Gasteiger partial charge in [-0.1, -0.05) is 0 Å². The van der Waals surface area contributed by atoms with Gasteiger partial charge in [0.05, 0.1) is 0 Å². The summed E-state index contributed by atoms with van der Waals surface area (Å²) in [6, 6.07) is 0. The fraction of sp³-hybridized carbons (Fsp3) is 1.00. The van der Waals surface area contributed by atoms with Crippen molar-refractivity contribution in [3.05, 3.63) is 0 Å². The maximum atomic E-state index is 14.9. The van der Waals surface area contributed by atoms with Crippen molar-refractivity contribution in [1.29, 1.82) is 0 Å². The summed E-state index contributed by atoms with van der Waals surface area (Å²) in [7, 11) is 0. The molecule has 2 atom stereocenters. The molecule has 0 aromatic heterocycles. The summed E-state index contributed by atoms with van der Waals surface area (Å²) in [5, 5.41) is 19.8. The first-order valence-electron chi connectivity index (χ1n) is 11.5. The number of alkyl halides is 28. The molecule has 51 heavy (non-hydrogen) atoms. The van der Waals surface area contributed by atoms with Crippen LogP contribution < -0.4 is 0 Å². The highest BCUT2D eigenvalue weighted by Crippen LogP contribution is 2.68. The molecule has 0 amide bonds. The van der Waals surface area contributed by atoms with Crippen molar-refractivity contribution in [3.63, 3.8) is 0 Å². The Hall–Kier alpha value is -2.12. The average Bonchev–Trinajstić information content (AvgIpc) is 3.19. The van der Waals surface area contributed by atoms with Crippen LogP contribution in [-0.4, -0.2) is 111 Å². The standard InChI is InChI=1S/C19H10F28O4/c1-5(2)50-3(6(48,8(20,21)12(28,29)16(36,37)38)9(22,23)13(30,31)17(39,40)41)4(51-5)7(49,10(24,25)14(32,33)18(42,43)44)11(26,27)15(34,35)19(45,46)47/h3-4,48-49H,1-2H3/t3-,4-/m1/s1. The number of aliphatic hydroxyl groups is 2. The van der Waals surface area contributed by atoms with Crippen LogP contribution in [-0.2, 0) is 9.47 Å². The van der Waals surface area contributed by atoms with E-state index in [0.717, 1.165) is 0 Å². The molecule has 1 heterocycles. The minimum Gasteiger partial charge on any atom is -0.376 e. The summed E-state index contributed by atoms with van der Waals surface area (Å²) in [5.74, 6) is -77.3. The van der Waals surface area contributed by atoms with E-state index in [1.54, 1.807) is 0 Å². The first-order chi connectivity index (χ1) is 21.4. The summed E-state index contributed by atoms with van der Waals surface area (Å²) < 4.78 is 392. The molecule has 1 rings (SSSR count). The lowest BCUT2D eigenvalue weighted by Crippen LogP contribution is -2.85. The number of ether oxygens (including phenoxy) is 2. The van der Waals surface area contributed by atoms with Gasteiger partial charge in [-0.3, -0.25) is 0 Å². The van der Waals surface area contributed by atoms with Gasteiger partial charge in [-0.25, -0.2) is 0 Å². The summed E-state index contributed by atoms with van der Waals surface area (Å²) >= 11 is 0. The van der Waals surface area contributed by atoms with E-state index in [9.17, 15) is 133 Å². The average molecular weight is 834 g/mol. The second kappa shape index (κ2) is 11.4. The van der Waals surface area contributed by atoms with E-state index < -0.39 is 115 Å². The van der Waals surface area contributed by atoms with Crippen LogP contribution in [0.5, 0.6) is 0 Å². The zero-order valence-electron chi connectivity index (χ0n) is 22.9. The van der Waals surface area contributed by atoms with Gasteiger partial charge in [-0.15, -0.1) is 0 Å². The number of rotatable bonds is 10. The second-order valence-electron chi connectivity index (χ2n) is 10.6. The molecule has 4 nitrogen and oxygen atoms in total. The van der Waals surface area contributed by atoms with Crippen LogP contribution in [0.2, 0.25) is 0 Å². The molecule has 0 bridgehead atoms. The summed E-state index contributed by atoms with van der Waals surface area (Å²) in [6.07, 6.45) is -47.3. The van der Waals surface area contributed by atoms with Gasteiger partial charge in [0.25, 0.3) is 0 Å². The molecular formula is C19H10F28O4. The molecule has 0 aromatic rings. The minimum atomic E-state index is -9.26. The first-order valence-corrected chi connectivity index (χ1v) is 11.5. The largest absolute Gasteiger partial charge is 0.460 e. The van der Waals surface area contributed by atoms with Crippen LogP contribution in [0.25, 0.3) is 0 Å². The molecule has 0 unspecified atom stereocenters. The summed E-state index contributed by atoms with van der Waals surface area (Å²) in [5.41, 5.74) is -17.7. The Balaban J connectivity index is 4.92. The summed E-state index contributed by atoms with van der Waals surface area (Å²) in [4.78, 5) is 0. The Morgan fingerprint density at radius 1 is 0.314 bits per heavy atom. The molecule has 306 valence electrons. The lowest BCUT2D eigenvalue weighted by Gasteiger charge is -2.53. The Morgan fingerprint density at radius 2 is 0.451 bits per heavy atom. The third-order valence-corrected chi connectivity index (χ3v) is 6.84. The van der Waals surface area contributed by atoms with E-state index in [1.807, 2.05) is 0 Å². The van der Waals surface area contributed by atoms with Crippen LogP contribution in [0.15, 0.2) is 0 Å². The molecule has 1 aliphatic rings. The predicted molar refractivity (Wildman–Crippen MR) is 97.5 cm³/mol. The lowest BCUT2D eigenvalue weighted by molar-refractivity contribution is -0.477. The highest BCUT2D eigenvalue weighted by molar-refractivity contribution is 5.28. The molecular weight excluding hydrogens is 824 g/mol. The van der Waals surface area contributed by atoms with Crippen LogP contribution in [0.1, 0.15) is 13.8 Å². The van der Waals surface area contributed by atoms with Gasteiger partial charge in [0.15, 0.2) is 5.79 Å². The molecule has 0 spiro atoms. The SMILES string of the molecule is CC1(C)O[C@@H](C(O)(C(F)(F)C(F)(F)C(F)(F)F)C(F)(F)C(F)(F)C(F)(F)F)[C@H](C(O)(C(F)(F)C(F)(F)C(F)(F)F)C(F)(F)C(F)(F)C(F)(F)F)O1. The van der Waals surface area contributed by atoms with Crippen molar-refractivity contribution in [1.82, 2.24) is 0 Å². The third kappa shape index (κ3) is 5.79. The van der Waals surface area contributed by atoms with Crippen molar-refractivity contribution in [3.8, 4) is 0 Å². The van der Waals surface area contributed by atoms with Crippen LogP contribution >= 0.6 is 0 Å². The van der Waals surface area contributed by atoms with Gasteiger partial charge >= 0.3 is 72.1 Å². The monoisotopic (exact) mass is 834 g/mol. The van der Waals surface area contributed by atoms with Gasteiger partial charge < -0.3 is 19.7 Å². The summed E-state index contributed by atoms with van der Waals surface area (Å²) in [6.45, 7) is -1.30. The van der Waals surface area contributed by atoms with E-state index >= 15 is 0 Å². The molecule has 2 N–H and O–H groups in total. The third-order valence-electron chi connectivity index (χ3n) is 6.84. The van der Waals surface area contributed by atoms with Crippen molar-refractivity contribution in [2.24, 2.45) is 0 Å². The molecule has 0 aliphatic carbocycles. The second-order valence-corrected chi connectivity index (χ2v) is 10.6. The maximum Gasteiger partial charge on any atom is 0.460 e. The maximum absolute atomic E-state index is 14.9. The Kier molecular flexibility index (Phi) is 10.5. The van der Waals surface area contributed by atoms with Crippen LogP contribution in [0, 0.1) is 0 Å². The molecule has 1 aliphatic heterocycles. The number of hydrogen-bond acceptors (Lipinski definition) is 4. The van der Waals surface area contributed by atoms with Crippen molar-refractivity contribution in [2.75, 3.05) is 0 Å². The van der Waals surface area contributed by atoms with E-state index in [-0.39, 0.29) is 0 Å². The quantitative estimate of drug-likeness (QED) is 0.218. The molecule has 0 saturated carbocycles. The van der Waals surface area contributed by atoms with Crippen molar-refractivity contribution < 1.29 is 143 Å². The minimum absolute atomic E-state index is 0.652. The van der Waals surface area contributed by atoms with Gasteiger partial charge in [-0.2, -0.15) is 123 Å². The van der Waals surface area contributed by atoms with E-state index in [0.29, 0.717) is 0 Å². The topological polar surface area (TPSA) is 58.9 Å². The van der Waals surface area contributed by atoms with Crippen molar-refractivity contribution in [2.45, 2.75) is 115 Å². The molecule has 0 radical (unpaired) electrons. The fourth-order valence-electron chi connectivity index (χ4n) is 4.15. The fourth-order valence-corrected chi connectivity index (χ4v) is 4.15. The van der Waals surface area contributed by atoms with E-state index in [2.05, 4.69) is 9.47 Å². The zero-order valence-corrected chi connectivity index (χ0v) is 22.9. The van der Waals surface area contributed by atoms with E-state index in [1.165, 1.54) is 0 Å². The first kappa shape index (κ1) is 46.9. The van der Waals surface area contributed by atoms with Crippen LogP contribution in [0.4, 0.5) is 123 Å². The van der Waals surface area contributed by atoms with Crippen LogP contribution in [0.3, 0.4) is 0 Å². The number of halogens is 28. The Bertz CT molecular complexity index is 1110. The smallest absolute Gasteiger partial charge is 0.376 e. The zero-order chi connectivity index (χ0) is 42.1. The van der Waals surface area contributed by atoms with Gasteiger partial charge in [0.2, 0.25) is 11.2 Å². The van der Waals surface area contributed by atoms with Gasteiger partial charge in [0, 0.05) is 0 Å². The Labute approximate surface area is 259 Å². The number of hydrogen-bond donors (Lipinski definition) is 2. The van der Waals surface area contributed by atoms with Gasteiger partial charge in [-0.05, 0) is 13.8 Å². The molecule has 1 saturated heterocycles. The van der Waals surface area contributed by atoms with Gasteiger partial charge in [0.1, 0.15) is 12.2 Å². The highest BCUT2D eigenvalue weighted by Gasteiger charge is 2.99. The van der Waals surface area contributed by atoms with E-state index in [4.69, 9.17) is 0 Å². The Morgan fingerprint density at radius 3 is 0.569 bits per heavy atom. The van der Waals surface area contributed by atoms with Crippen molar-refractivity contribution >= 4 is 0 Å². The molecule has 1 fully saturated rings.